The second-order valence-electron chi connectivity index (χ2n) is 8.07. The van der Waals surface area contributed by atoms with Crippen LogP contribution in [0.4, 0.5) is 5.82 Å². The molecule has 0 aliphatic heterocycles. The minimum atomic E-state index is 0.0567. The van der Waals surface area contributed by atoms with Gasteiger partial charge in [0.05, 0.1) is 5.56 Å². The van der Waals surface area contributed by atoms with Gasteiger partial charge in [0.2, 0.25) is 0 Å². The minimum absolute atomic E-state index is 0.0567. The van der Waals surface area contributed by atoms with Gasteiger partial charge in [-0.25, -0.2) is 9.97 Å². The molecule has 7 nitrogen and oxygen atoms in total. The summed E-state index contributed by atoms with van der Waals surface area (Å²) in [5.74, 6) is 1.55. The number of thiophene rings is 1. The topological polar surface area (TPSA) is 70.6 Å². The van der Waals surface area contributed by atoms with Gasteiger partial charge in [0, 0.05) is 44.2 Å². The fourth-order valence-corrected chi connectivity index (χ4v) is 4.64. The normalized spacial score (nSPS) is 12.0. The summed E-state index contributed by atoms with van der Waals surface area (Å²) in [4.78, 5) is 25.6. The number of likely N-dealkylation sites (N-methyl/N-ethyl adjacent to an activating group) is 2. The average molecular weight is 500 g/mol. The number of nitrogens with zero attached hydrogens (tertiary/aromatic N) is 4. The van der Waals surface area contributed by atoms with Gasteiger partial charge in [-0.3, -0.25) is 4.79 Å². The molecule has 1 atom stereocenters. The molecule has 2 heterocycles. The molecule has 0 saturated carbocycles. The van der Waals surface area contributed by atoms with Gasteiger partial charge in [-0.15, -0.1) is 11.3 Å². The Bertz CT molecular complexity index is 1010. The van der Waals surface area contributed by atoms with Gasteiger partial charge in [-0.2, -0.15) is 0 Å². The maximum atomic E-state index is 11.4. The quantitative estimate of drug-likeness (QED) is 0.199. The first kappa shape index (κ1) is 26.2. The van der Waals surface area contributed by atoms with Crippen LogP contribution in [0.1, 0.15) is 33.3 Å². The molecule has 3 rings (SSSR count). The number of aromatic nitrogens is 2. The smallest absolute Gasteiger partial charge is 0.189 e. The molecule has 0 fully saturated rings. The van der Waals surface area contributed by atoms with Crippen molar-refractivity contribution in [1.29, 1.82) is 0 Å². The van der Waals surface area contributed by atoms with Crippen LogP contribution in [0.5, 0.6) is 5.75 Å². The first-order chi connectivity index (χ1) is 16.5. The van der Waals surface area contributed by atoms with Crippen LogP contribution in [-0.2, 0) is 6.54 Å². The van der Waals surface area contributed by atoms with E-state index in [2.05, 4.69) is 69.0 Å². The van der Waals surface area contributed by atoms with Gasteiger partial charge in [0.1, 0.15) is 17.7 Å². The largest absolute Gasteiger partial charge is 0.485 e. The van der Waals surface area contributed by atoms with Crippen LogP contribution < -0.4 is 15.0 Å². The van der Waals surface area contributed by atoms with Crippen molar-refractivity contribution in [2.24, 2.45) is 0 Å². The summed E-state index contributed by atoms with van der Waals surface area (Å²) in [6.45, 7) is 3.30. The van der Waals surface area contributed by atoms with E-state index in [1.807, 2.05) is 25.3 Å². The lowest BCUT2D eigenvalue weighted by molar-refractivity contribution is 0.112. The van der Waals surface area contributed by atoms with Crippen LogP contribution in [-0.4, -0.2) is 68.2 Å². The van der Waals surface area contributed by atoms with Crippen LogP contribution in [0.3, 0.4) is 0 Å². The zero-order valence-corrected chi connectivity index (χ0v) is 21.9. The monoisotopic (exact) mass is 499 g/mol. The Hall–Kier alpha value is -2.46. The van der Waals surface area contributed by atoms with E-state index in [1.165, 1.54) is 22.2 Å². The van der Waals surface area contributed by atoms with Crippen LogP contribution in [0.2, 0.25) is 0 Å². The summed E-state index contributed by atoms with van der Waals surface area (Å²) >= 11 is 3.20. The lowest BCUT2D eigenvalue weighted by atomic mass is 10.2. The van der Waals surface area contributed by atoms with Crippen LogP contribution >= 0.6 is 23.1 Å². The molecule has 1 aromatic carbocycles. The van der Waals surface area contributed by atoms with E-state index in [4.69, 9.17) is 4.74 Å². The van der Waals surface area contributed by atoms with E-state index in [0.29, 0.717) is 16.5 Å². The maximum absolute atomic E-state index is 11.4. The van der Waals surface area contributed by atoms with Crippen molar-refractivity contribution in [2.45, 2.75) is 24.2 Å². The second-order valence-corrected chi connectivity index (χ2v) is 9.82. The molecule has 0 aliphatic rings. The van der Waals surface area contributed by atoms with E-state index >= 15 is 0 Å². The van der Waals surface area contributed by atoms with Crippen molar-refractivity contribution in [3.05, 3.63) is 64.0 Å². The standard InChI is InChI=1S/C25H33N5O2S2/c1-26-12-11-22(23-6-5-15-34-23)32-21-9-7-19(8-10-21)17-29(2)13-14-30(3)24-20(18-31)16-27-25(28-24)33-4/h5-10,15-16,18,22,26H,11-14,17H2,1-4H3. The van der Waals surface area contributed by atoms with Crippen molar-refractivity contribution in [1.82, 2.24) is 20.2 Å². The van der Waals surface area contributed by atoms with Gasteiger partial charge < -0.3 is 19.9 Å². The van der Waals surface area contributed by atoms with Crippen molar-refractivity contribution in [2.75, 3.05) is 51.9 Å². The van der Waals surface area contributed by atoms with Gasteiger partial charge in [-0.05, 0) is 56.0 Å². The molecule has 0 radical (unpaired) electrons. The van der Waals surface area contributed by atoms with Gasteiger partial charge in [-0.1, -0.05) is 30.0 Å². The summed E-state index contributed by atoms with van der Waals surface area (Å²) in [6.07, 6.45) is 5.30. The first-order valence-electron chi connectivity index (χ1n) is 11.2. The highest BCUT2D eigenvalue weighted by Gasteiger charge is 2.15. The number of thioether (sulfide) groups is 1. The molecule has 3 aromatic rings. The Morgan fingerprint density at radius 1 is 1.21 bits per heavy atom. The number of rotatable bonds is 14. The fourth-order valence-electron chi connectivity index (χ4n) is 3.52. The number of hydrogen-bond acceptors (Lipinski definition) is 9. The highest BCUT2D eigenvalue weighted by molar-refractivity contribution is 7.98. The third kappa shape index (κ3) is 7.53. The molecule has 0 amide bonds. The second kappa shape index (κ2) is 13.4. The Morgan fingerprint density at radius 2 is 2.00 bits per heavy atom. The molecular formula is C25H33N5O2S2. The summed E-state index contributed by atoms with van der Waals surface area (Å²) in [7, 11) is 6.01. The molecular weight excluding hydrogens is 466 g/mol. The number of hydrogen-bond donors (Lipinski definition) is 1. The number of benzene rings is 1. The zero-order chi connectivity index (χ0) is 24.3. The van der Waals surface area contributed by atoms with E-state index in [1.54, 1.807) is 17.5 Å². The fraction of sp³-hybridized carbons (Fsp3) is 0.400. The number of carbonyl (C=O) groups is 1. The van der Waals surface area contributed by atoms with Gasteiger partial charge in [0.25, 0.3) is 0 Å². The Morgan fingerprint density at radius 3 is 2.65 bits per heavy atom. The highest BCUT2D eigenvalue weighted by atomic mass is 32.2. The number of aldehydes is 1. The number of nitrogens with one attached hydrogen (secondary N) is 1. The molecule has 0 spiro atoms. The third-order valence-corrected chi connectivity index (χ3v) is 6.96. The predicted octanol–water partition coefficient (Wildman–Crippen LogP) is 4.37. The third-order valence-electron chi connectivity index (χ3n) is 5.43. The van der Waals surface area contributed by atoms with Crippen molar-refractivity contribution >= 4 is 35.2 Å². The molecule has 0 aliphatic carbocycles. The van der Waals surface area contributed by atoms with E-state index in [9.17, 15) is 4.79 Å². The lowest BCUT2D eigenvalue weighted by Gasteiger charge is -2.24. The number of carbonyl (C=O) groups excluding carboxylic acids is 1. The average Bonchev–Trinajstić information content (AvgIpc) is 3.40. The van der Waals surface area contributed by atoms with Crippen LogP contribution in [0, 0.1) is 0 Å². The Kier molecular flexibility index (Phi) is 10.3. The molecule has 34 heavy (non-hydrogen) atoms. The highest BCUT2D eigenvalue weighted by Crippen LogP contribution is 2.28. The number of ether oxygens (including phenoxy) is 1. The summed E-state index contributed by atoms with van der Waals surface area (Å²) in [5.41, 5.74) is 1.73. The van der Waals surface area contributed by atoms with Crippen LogP contribution in [0.15, 0.2) is 53.1 Å². The Balaban J connectivity index is 1.53. The van der Waals surface area contributed by atoms with Crippen LogP contribution in [0.25, 0.3) is 0 Å². The van der Waals surface area contributed by atoms with Crippen molar-refractivity contribution in [3.63, 3.8) is 0 Å². The van der Waals surface area contributed by atoms with Crippen molar-refractivity contribution in [3.8, 4) is 5.75 Å². The molecule has 2 aromatic heterocycles. The molecule has 9 heteroatoms. The van der Waals surface area contributed by atoms with Crippen molar-refractivity contribution < 1.29 is 9.53 Å². The number of anilines is 1. The van der Waals surface area contributed by atoms with Gasteiger partial charge in [0.15, 0.2) is 11.4 Å². The predicted molar refractivity (Wildman–Crippen MR) is 141 cm³/mol. The summed E-state index contributed by atoms with van der Waals surface area (Å²) < 4.78 is 6.30. The first-order valence-corrected chi connectivity index (χ1v) is 13.3. The summed E-state index contributed by atoms with van der Waals surface area (Å²) in [5, 5.41) is 5.96. The molecule has 0 saturated heterocycles. The maximum Gasteiger partial charge on any atom is 0.189 e. The summed E-state index contributed by atoms with van der Waals surface area (Å²) in [6, 6.07) is 12.6. The van der Waals surface area contributed by atoms with E-state index in [0.717, 1.165) is 44.6 Å². The molecule has 182 valence electrons. The molecule has 1 N–H and O–H groups in total. The van der Waals surface area contributed by atoms with Gasteiger partial charge >= 0.3 is 0 Å². The van der Waals surface area contributed by atoms with E-state index in [-0.39, 0.29) is 6.10 Å². The lowest BCUT2D eigenvalue weighted by Crippen LogP contribution is -2.31. The molecule has 0 bridgehead atoms. The Labute approximate surface area is 210 Å². The molecule has 1 unspecified atom stereocenters. The zero-order valence-electron chi connectivity index (χ0n) is 20.2. The minimum Gasteiger partial charge on any atom is -0.485 e. The SMILES string of the molecule is CNCCC(Oc1ccc(CN(C)CCN(C)c2nc(SC)ncc2C=O)cc1)c1cccs1. The van der Waals surface area contributed by atoms with E-state index < -0.39 is 0 Å².